The quantitative estimate of drug-likeness (QED) is 0.603. The number of rotatable bonds is 5. The topological polar surface area (TPSA) is 94.8 Å². The van der Waals surface area contributed by atoms with Gasteiger partial charge in [-0.25, -0.2) is 0 Å². The second-order valence-electron chi connectivity index (χ2n) is 8.14. The van der Waals surface area contributed by atoms with Crippen molar-refractivity contribution in [1.82, 2.24) is 0 Å². The van der Waals surface area contributed by atoms with E-state index in [4.69, 9.17) is 14.7 Å². The second kappa shape index (κ2) is 10.3. The Morgan fingerprint density at radius 3 is 1.32 bits per heavy atom. The Morgan fingerprint density at radius 1 is 0.773 bits per heavy atom. The van der Waals surface area contributed by atoms with Crippen molar-refractivity contribution in [2.45, 2.75) is 68.2 Å². The molecule has 1 atom stereocenters. The molecule has 0 heterocycles. The maximum absolute atomic E-state index is 10.9. The van der Waals surface area contributed by atoms with E-state index in [0.717, 1.165) is 12.8 Å². The van der Waals surface area contributed by atoms with E-state index in [9.17, 15) is 9.13 Å². The van der Waals surface area contributed by atoms with Crippen LogP contribution >= 0.6 is 15.0 Å². The highest BCUT2D eigenvalue weighted by Gasteiger charge is 2.18. The van der Waals surface area contributed by atoms with Crippen LogP contribution in [-0.4, -0.2) is 33.7 Å². The Bertz CT molecular complexity index is 368. The average molecular weight is 360 g/mol. The molecule has 0 rings (SSSR count). The smallest absolute Gasteiger partial charge is 0.325 e. The van der Waals surface area contributed by atoms with E-state index >= 15 is 0 Å². The van der Waals surface area contributed by atoms with E-state index in [-0.39, 0.29) is 24.4 Å². The van der Waals surface area contributed by atoms with Gasteiger partial charge in [-0.05, 0) is 30.1 Å². The maximum atomic E-state index is 10.9. The van der Waals surface area contributed by atoms with Crippen molar-refractivity contribution < 1.29 is 23.8 Å². The normalized spacial score (nSPS) is 15.2. The molecule has 0 aliphatic rings. The fraction of sp³-hybridized carbons (Fsp3) is 1.00. The van der Waals surface area contributed by atoms with E-state index in [1.165, 1.54) is 6.66 Å². The van der Waals surface area contributed by atoms with Gasteiger partial charge in [0.1, 0.15) is 0 Å². The summed E-state index contributed by atoms with van der Waals surface area (Å²) in [5, 5.41) is 0. The SMILES string of the molecule is C.CC(C)(C)CCCP(C)(=O)O.CC(C)(C)CCP(=O)(O)O. The molecular weight excluding hydrogens is 322 g/mol. The molecule has 0 saturated heterocycles. The monoisotopic (exact) mass is 360 g/mol. The van der Waals surface area contributed by atoms with Crippen molar-refractivity contribution in [3.05, 3.63) is 0 Å². The molecule has 5 nitrogen and oxygen atoms in total. The first-order valence-electron chi connectivity index (χ1n) is 7.25. The molecule has 0 aromatic rings. The van der Waals surface area contributed by atoms with Gasteiger partial charge in [0, 0.05) is 12.8 Å². The van der Waals surface area contributed by atoms with Crippen LogP contribution in [0.5, 0.6) is 0 Å². The Hall–Kier alpha value is 0.340. The molecule has 0 aromatic heterocycles. The van der Waals surface area contributed by atoms with Gasteiger partial charge in [-0.2, -0.15) is 0 Å². The van der Waals surface area contributed by atoms with Crippen LogP contribution in [0, 0.1) is 10.8 Å². The summed E-state index contributed by atoms with van der Waals surface area (Å²) < 4.78 is 21.2. The predicted molar refractivity (Wildman–Crippen MR) is 97.0 cm³/mol. The third kappa shape index (κ3) is 32.3. The molecule has 0 saturated carbocycles. The first-order chi connectivity index (χ1) is 8.91. The van der Waals surface area contributed by atoms with Crippen molar-refractivity contribution in [3.63, 3.8) is 0 Å². The van der Waals surface area contributed by atoms with Crippen LogP contribution in [0.1, 0.15) is 68.2 Å². The van der Waals surface area contributed by atoms with Gasteiger partial charge >= 0.3 is 7.60 Å². The van der Waals surface area contributed by atoms with E-state index in [1.807, 2.05) is 20.8 Å². The molecule has 1 unspecified atom stereocenters. The summed E-state index contributed by atoms with van der Waals surface area (Å²) >= 11 is 0. The second-order valence-corrected chi connectivity index (χ2v) is 12.5. The molecule has 138 valence electrons. The first kappa shape index (κ1) is 27.2. The highest BCUT2D eigenvalue weighted by molar-refractivity contribution is 7.57. The summed E-state index contributed by atoms with van der Waals surface area (Å²) in [6, 6.07) is 0. The molecule has 3 N–H and O–H groups in total. The van der Waals surface area contributed by atoms with Crippen LogP contribution in [0.3, 0.4) is 0 Å². The van der Waals surface area contributed by atoms with Crippen LogP contribution in [0.2, 0.25) is 0 Å². The average Bonchev–Trinajstić information content (AvgIpc) is 2.09. The van der Waals surface area contributed by atoms with Crippen molar-refractivity contribution in [2.24, 2.45) is 10.8 Å². The fourth-order valence-electron chi connectivity index (χ4n) is 1.38. The van der Waals surface area contributed by atoms with Crippen molar-refractivity contribution in [1.29, 1.82) is 0 Å². The molecule has 22 heavy (non-hydrogen) atoms. The Kier molecular flexibility index (Phi) is 12.7. The van der Waals surface area contributed by atoms with Crippen molar-refractivity contribution in [2.75, 3.05) is 19.0 Å². The molecule has 0 radical (unpaired) electrons. The van der Waals surface area contributed by atoms with E-state index < -0.39 is 15.0 Å². The molecule has 0 amide bonds. The Labute approximate surface area is 137 Å². The lowest BCUT2D eigenvalue weighted by molar-refractivity contribution is 0.344. The minimum absolute atomic E-state index is 0. The molecule has 0 fully saturated rings. The van der Waals surface area contributed by atoms with Gasteiger partial charge in [0.2, 0.25) is 0 Å². The summed E-state index contributed by atoms with van der Waals surface area (Å²) in [4.78, 5) is 26.0. The molecule has 0 aliphatic heterocycles. The van der Waals surface area contributed by atoms with Gasteiger partial charge in [0.15, 0.2) is 7.37 Å². The lowest BCUT2D eigenvalue weighted by atomic mass is 9.91. The molecule has 0 aromatic carbocycles. The van der Waals surface area contributed by atoms with Gasteiger partial charge in [0.05, 0.1) is 6.16 Å². The summed E-state index contributed by atoms with van der Waals surface area (Å²) in [7, 11) is -6.51. The van der Waals surface area contributed by atoms with Crippen molar-refractivity contribution in [3.8, 4) is 0 Å². The maximum Gasteiger partial charge on any atom is 0.325 e. The van der Waals surface area contributed by atoms with Gasteiger partial charge in [-0.1, -0.05) is 49.0 Å². The standard InChI is InChI=1S/C8H19O2P.C6H15O3P.CH4/c1-8(2,3)6-5-7-11(4,9)10;1-6(2,3)4-5-10(7,8)9;/h5-7H2,1-4H3,(H,9,10);4-5H2,1-3H3,(H2,7,8,9);1H4. The summed E-state index contributed by atoms with van der Waals surface area (Å²) in [6.07, 6.45) is 2.90. The van der Waals surface area contributed by atoms with Crippen LogP contribution < -0.4 is 0 Å². The molecule has 0 aliphatic carbocycles. The number of hydrogen-bond acceptors (Lipinski definition) is 2. The van der Waals surface area contributed by atoms with Gasteiger partial charge in [-0.15, -0.1) is 0 Å². The van der Waals surface area contributed by atoms with E-state index in [0.29, 0.717) is 12.6 Å². The van der Waals surface area contributed by atoms with Crippen LogP contribution in [0.25, 0.3) is 0 Å². The van der Waals surface area contributed by atoms with Crippen LogP contribution in [0.15, 0.2) is 0 Å². The van der Waals surface area contributed by atoms with Crippen molar-refractivity contribution >= 4 is 15.0 Å². The lowest BCUT2D eigenvalue weighted by Gasteiger charge is -2.17. The lowest BCUT2D eigenvalue weighted by Crippen LogP contribution is -2.07. The summed E-state index contributed by atoms with van der Waals surface area (Å²) in [6.45, 7) is 13.7. The van der Waals surface area contributed by atoms with E-state index in [1.54, 1.807) is 0 Å². The summed E-state index contributed by atoms with van der Waals surface area (Å²) in [5.74, 6) is 0. The zero-order valence-corrected chi connectivity index (χ0v) is 16.4. The summed E-state index contributed by atoms with van der Waals surface area (Å²) in [5.41, 5.74) is 0.302. The van der Waals surface area contributed by atoms with Gasteiger partial charge in [-0.3, -0.25) is 9.13 Å². The van der Waals surface area contributed by atoms with Crippen LogP contribution in [0.4, 0.5) is 0 Å². The zero-order valence-electron chi connectivity index (χ0n) is 14.6. The Morgan fingerprint density at radius 2 is 1.14 bits per heavy atom. The van der Waals surface area contributed by atoms with Crippen LogP contribution in [-0.2, 0) is 9.13 Å². The molecular formula is C15H38O5P2. The zero-order chi connectivity index (χ0) is 17.5. The minimum Gasteiger partial charge on any atom is -0.344 e. The first-order valence-corrected chi connectivity index (χ1v) is 11.3. The minimum atomic E-state index is -3.76. The highest BCUT2D eigenvalue weighted by atomic mass is 31.2. The molecule has 0 bridgehead atoms. The molecule has 0 spiro atoms. The van der Waals surface area contributed by atoms with Gasteiger partial charge in [0.25, 0.3) is 0 Å². The van der Waals surface area contributed by atoms with Gasteiger partial charge < -0.3 is 14.7 Å². The number of hydrogen-bond donors (Lipinski definition) is 3. The highest BCUT2D eigenvalue weighted by Crippen LogP contribution is 2.38. The molecule has 7 heteroatoms. The largest absolute Gasteiger partial charge is 0.344 e. The third-order valence-corrected chi connectivity index (χ3v) is 4.61. The van der Waals surface area contributed by atoms with E-state index in [2.05, 4.69) is 20.8 Å². The Balaban J connectivity index is -0.000000315. The fourth-order valence-corrected chi connectivity index (χ4v) is 3.09. The predicted octanol–water partition coefficient (Wildman–Crippen LogP) is 4.95. The third-order valence-electron chi connectivity index (χ3n) is 2.65.